The molecule has 2 N–H and O–H groups in total. The van der Waals surface area contributed by atoms with E-state index in [4.69, 9.17) is 9.15 Å². The highest BCUT2D eigenvalue weighted by Crippen LogP contribution is 2.29. The summed E-state index contributed by atoms with van der Waals surface area (Å²) >= 11 is 0. The fourth-order valence-corrected chi connectivity index (χ4v) is 2.56. The first-order chi connectivity index (χ1) is 13.1. The molecule has 0 spiro atoms. The Bertz CT molecular complexity index is 1030. The number of fused-ring (bicyclic) bond motifs is 1. The molecule has 2 aromatic carbocycles. The average molecular weight is 366 g/mol. The Kier molecular flexibility index (Phi) is 5.51. The van der Waals surface area contributed by atoms with E-state index in [1.807, 2.05) is 30.3 Å². The standard InChI is InChI=1S/C20H18N2O5/c1-21-18(23)11-22-19(24)12-26-14-7-8-15-16(13-5-3-2-4-6-13)10-20(25)27-17(15)9-14/h2-10H,11-12H2,1H3,(H,21,23)(H,22,24). The van der Waals surface area contributed by atoms with E-state index in [-0.39, 0.29) is 19.1 Å². The van der Waals surface area contributed by atoms with Gasteiger partial charge in [-0.05, 0) is 23.3 Å². The third kappa shape index (κ3) is 4.52. The van der Waals surface area contributed by atoms with Crippen LogP contribution in [0.15, 0.2) is 63.8 Å². The largest absolute Gasteiger partial charge is 0.484 e. The average Bonchev–Trinajstić information content (AvgIpc) is 2.70. The fourth-order valence-electron chi connectivity index (χ4n) is 2.56. The van der Waals surface area contributed by atoms with Crippen LogP contribution in [0.1, 0.15) is 0 Å². The zero-order chi connectivity index (χ0) is 19.2. The number of nitrogens with one attached hydrogen (secondary N) is 2. The van der Waals surface area contributed by atoms with Gasteiger partial charge in [-0.15, -0.1) is 0 Å². The molecule has 1 heterocycles. The minimum absolute atomic E-state index is 0.119. The van der Waals surface area contributed by atoms with Crippen molar-refractivity contribution in [2.75, 3.05) is 20.2 Å². The zero-order valence-corrected chi connectivity index (χ0v) is 14.7. The minimum atomic E-state index is -0.471. The van der Waals surface area contributed by atoms with Crippen molar-refractivity contribution < 1.29 is 18.7 Å². The smallest absolute Gasteiger partial charge is 0.336 e. The topological polar surface area (TPSA) is 97.6 Å². The highest BCUT2D eigenvalue weighted by atomic mass is 16.5. The molecule has 3 aromatic rings. The number of rotatable bonds is 6. The van der Waals surface area contributed by atoms with Crippen LogP contribution in [0.2, 0.25) is 0 Å². The number of ether oxygens (including phenoxy) is 1. The van der Waals surface area contributed by atoms with Gasteiger partial charge in [-0.1, -0.05) is 30.3 Å². The van der Waals surface area contributed by atoms with E-state index in [1.165, 1.54) is 13.1 Å². The maximum absolute atomic E-state index is 11.9. The maximum Gasteiger partial charge on any atom is 0.336 e. The Labute approximate surface area is 154 Å². The van der Waals surface area contributed by atoms with Gasteiger partial charge in [0.1, 0.15) is 11.3 Å². The monoisotopic (exact) mass is 366 g/mol. The lowest BCUT2D eigenvalue weighted by molar-refractivity contribution is -0.127. The lowest BCUT2D eigenvalue weighted by atomic mass is 10.0. The Morgan fingerprint density at radius 3 is 2.56 bits per heavy atom. The Morgan fingerprint density at radius 1 is 1.04 bits per heavy atom. The molecule has 0 radical (unpaired) electrons. The predicted octanol–water partition coefficient (Wildman–Crippen LogP) is 1.70. The summed E-state index contributed by atoms with van der Waals surface area (Å²) in [6, 6.07) is 16.0. The number of benzene rings is 2. The molecule has 0 aliphatic rings. The first-order valence-electron chi connectivity index (χ1n) is 8.30. The van der Waals surface area contributed by atoms with Gasteiger partial charge >= 0.3 is 5.63 Å². The molecule has 0 bridgehead atoms. The van der Waals surface area contributed by atoms with E-state index >= 15 is 0 Å². The number of likely N-dealkylation sites (N-methyl/N-ethyl adjacent to an activating group) is 1. The van der Waals surface area contributed by atoms with E-state index in [1.54, 1.807) is 18.2 Å². The van der Waals surface area contributed by atoms with Crippen molar-refractivity contribution in [2.45, 2.75) is 0 Å². The molecule has 0 saturated heterocycles. The van der Waals surface area contributed by atoms with Crippen molar-refractivity contribution in [3.05, 3.63) is 65.0 Å². The van der Waals surface area contributed by atoms with E-state index < -0.39 is 11.5 Å². The van der Waals surface area contributed by atoms with Crippen molar-refractivity contribution in [2.24, 2.45) is 0 Å². The lowest BCUT2D eigenvalue weighted by Gasteiger charge is -2.09. The van der Waals surface area contributed by atoms with Crippen LogP contribution in [0.4, 0.5) is 0 Å². The molecule has 0 saturated carbocycles. The summed E-state index contributed by atoms with van der Waals surface area (Å²) in [4.78, 5) is 34.7. The highest BCUT2D eigenvalue weighted by Gasteiger charge is 2.10. The molecule has 2 amide bonds. The van der Waals surface area contributed by atoms with Crippen LogP contribution in [0.3, 0.4) is 0 Å². The highest BCUT2D eigenvalue weighted by molar-refractivity contribution is 5.93. The molecule has 1 aromatic heterocycles. The van der Waals surface area contributed by atoms with Crippen molar-refractivity contribution in [1.29, 1.82) is 0 Å². The first kappa shape index (κ1) is 18.2. The second-order valence-corrected chi connectivity index (χ2v) is 5.74. The van der Waals surface area contributed by atoms with Crippen molar-refractivity contribution in [1.82, 2.24) is 10.6 Å². The maximum atomic E-state index is 11.9. The van der Waals surface area contributed by atoms with E-state index in [2.05, 4.69) is 10.6 Å². The molecule has 27 heavy (non-hydrogen) atoms. The van der Waals surface area contributed by atoms with Crippen LogP contribution in [0.5, 0.6) is 5.75 Å². The SMILES string of the molecule is CNC(=O)CNC(=O)COc1ccc2c(-c3ccccc3)cc(=O)oc2c1. The van der Waals surface area contributed by atoms with Gasteiger partial charge in [-0.3, -0.25) is 9.59 Å². The summed E-state index contributed by atoms with van der Waals surface area (Å²) in [6.45, 7) is -0.378. The zero-order valence-electron chi connectivity index (χ0n) is 14.7. The van der Waals surface area contributed by atoms with Gasteiger partial charge in [0.2, 0.25) is 5.91 Å². The van der Waals surface area contributed by atoms with Crippen LogP contribution >= 0.6 is 0 Å². The summed E-state index contributed by atoms with van der Waals surface area (Å²) in [6.07, 6.45) is 0. The second-order valence-electron chi connectivity index (χ2n) is 5.74. The Hall–Kier alpha value is -3.61. The predicted molar refractivity (Wildman–Crippen MR) is 100 cm³/mol. The molecule has 7 heteroatoms. The van der Waals surface area contributed by atoms with Gasteiger partial charge < -0.3 is 19.8 Å². The molecular formula is C20H18N2O5. The molecular weight excluding hydrogens is 348 g/mol. The van der Waals surface area contributed by atoms with Gasteiger partial charge in [0, 0.05) is 24.6 Å². The summed E-state index contributed by atoms with van der Waals surface area (Å²) in [7, 11) is 1.48. The van der Waals surface area contributed by atoms with Gasteiger partial charge in [0.15, 0.2) is 6.61 Å². The van der Waals surface area contributed by atoms with Crippen LogP contribution < -0.4 is 21.0 Å². The Balaban J connectivity index is 1.79. The minimum Gasteiger partial charge on any atom is -0.484 e. The molecule has 0 unspecified atom stereocenters. The number of carbonyl (C=O) groups is 2. The third-order valence-corrected chi connectivity index (χ3v) is 3.90. The fraction of sp³-hybridized carbons (Fsp3) is 0.150. The van der Waals surface area contributed by atoms with Crippen LogP contribution in [0.25, 0.3) is 22.1 Å². The molecule has 0 aliphatic heterocycles. The van der Waals surface area contributed by atoms with E-state index in [0.717, 1.165) is 16.5 Å². The summed E-state index contributed by atoms with van der Waals surface area (Å²) in [5.74, 6) is -0.353. The molecule has 0 atom stereocenters. The molecule has 138 valence electrons. The lowest BCUT2D eigenvalue weighted by Crippen LogP contribution is -2.37. The van der Waals surface area contributed by atoms with Crippen molar-refractivity contribution in [3.63, 3.8) is 0 Å². The van der Waals surface area contributed by atoms with Crippen molar-refractivity contribution >= 4 is 22.8 Å². The quantitative estimate of drug-likeness (QED) is 0.647. The molecule has 3 rings (SSSR count). The van der Waals surface area contributed by atoms with Gasteiger partial charge in [0.25, 0.3) is 5.91 Å². The normalized spacial score (nSPS) is 10.4. The number of carbonyl (C=O) groups excluding carboxylic acids is 2. The van der Waals surface area contributed by atoms with E-state index in [0.29, 0.717) is 11.3 Å². The van der Waals surface area contributed by atoms with E-state index in [9.17, 15) is 14.4 Å². The summed E-state index contributed by atoms with van der Waals surface area (Å²) < 4.78 is 10.7. The van der Waals surface area contributed by atoms with Crippen LogP contribution in [0, 0.1) is 0 Å². The Morgan fingerprint density at radius 2 is 1.81 bits per heavy atom. The molecule has 7 nitrogen and oxygen atoms in total. The number of amides is 2. The molecule has 0 fully saturated rings. The van der Waals surface area contributed by atoms with Crippen LogP contribution in [-0.2, 0) is 9.59 Å². The number of hydrogen-bond acceptors (Lipinski definition) is 5. The summed E-state index contributed by atoms with van der Waals surface area (Å²) in [5.41, 5.74) is 1.56. The molecule has 0 aliphatic carbocycles. The summed E-state index contributed by atoms with van der Waals surface area (Å²) in [5, 5.41) is 5.59. The van der Waals surface area contributed by atoms with Crippen LogP contribution in [-0.4, -0.2) is 32.0 Å². The van der Waals surface area contributed by atoms with Gasteiger partial charge in [-0.2, -0.15) is 0 Å². The number of hydrogen-bond donors (Lipinski definition) is 2. The second kappa shape index (κ2) is 8.18. The van der Waals surface area contributed by atoms with Crippen molar-refractivity contribution in [3.8, 4) is 16.9 Å². The third-order valence-electron chi connectivity index (χ3n) is 3.90. The first-order valence-corrected chi connectivity index (χ1v) is 8.30. The van der Waals surface area contributed by atoms with Gasteiger partial charge in [0.05, 0.1) is 6.54 Å². The van der Waals surface area contributed by atoms with Gasteiger partial charge in [-0.25, -0.2) is 4.79 Å².